The van der Waals surface area contributed by atoms with Gasteiger partial charge in [0.15, 0.2) is 0 Å². The summed E-state index contributed by atoms with van der Waals surface area (Å²) in [7, 11) is 0. The Morgan fingerprint density at radius 2 is 2.58 bits per heavy atom. The number of esters is 1. The van der Waals surface area contributed by atoms with E-state index in [1.807, 2.05) is 6.92 Å². The highest BCUT2D eigenvalue weighted by atomic mass is 127. The third-order valence-corrected chi connectivity index (χ3v) is 3.71. The van der Waals surface area contributed by atoms with Crippen molar-refractivity contribution in [3.05, 3.63) is 12.7 Å². The fourth-order valence-electron chi connectivity index (χ4n) is 1.43. The summed E-state index contributed by atoms with van der Waals surface area (Å²) in [5.74, 6) is -0.0173. The number of halogens is 1. The van der Waals surface area contributed by atoms with Crippen molar-refractivity contribution in [2.24, 2.45) is 5.92 Å². The van der Waals surface area contributed by atoms with Crippen molar-refractivity contribution in [2.75, 3.05) is 4.43 Å². The van der Waals surface area contributed by atoms with Crippen molar-refractivity contribution in [1.29, 1.82) is 0 Å². The molecule has 1 aliphatic heterocycles. The second-order valence-corrected chi connectivity index (χ2v) is 4.19. The van der Waals surface area contributed by atoms with Crippen molar-refractivity contribution >= 4 is 28.6 Å². The first kappa shape index (κ1) is 10.0. The molecule has 0 aliphatic carbocycles. The van der Waals surface area contributed by atoms with Gasteiger partial charge in [0.05, 0.1) is 5.92 Å². The lowest BCUT2D eigenvalue weighted by molar-refractivity contribution is -0.147. The molecular formula is C9H13IO2. The number of alkyl halides is 1. The van der Waals surface area contributed by atoms with E-state index in [0.717, 1.165) is 17.3 Å². The third-order valence-electron chi connectivity index (χ3n) is 2.09. The van der Waals surface area contributed by atoms with Gasteiger partial charge < -0.3 is 4.74 Å². The monoisotopic (exact) mass is 280 g/mol. The Morgan fingerprint density at radius 1 is 1.92 bits per heavy atom. The van der Waals surface area contributed by atoms with E-state index in [-0.39, 0.29) is 17.5 Å². The summed E-state index contributed by atoms with van der Waals surface area (Å²) in [5, 5.41) is 0. The molecule has 1 heterocycles. The van der Waals surface area contributed by atoms with Crippen LogP contribution in [0.2, 0.25) is 0 Å². The van der Waals surface area contributed by atoms with Gasteiger partial charge in [0, 0.05) is 10.8 Å². The summed E-state index contributed by atoms with van der Waals surface area (Å²) in [4.78, 5) is 11.3. The van der Waals surface area contributed by atoms with E-state index in [2.05, 4.69) is 29.2 Å². The van der Waals surface area contributed by atoms with E-state index in [1.54, 1.807) is 6.08 Å². The number of rotatable bonds is 3. The van der Waals surface area contributed by atoms with Crippen molar-refractivity contribution < 1.29 is 9.53 Å². The summed E-state index contributed by atoms with van der Waals surface area (Å²) in [6.07, 6.45) is 3.36. The van der Waals surface area contributed by atoms with Crippen LogP contribution in [0.3, 0.4) is 0 Å². The number of allylic oxidation sites excluding steroid dienone is 1. The quantitative estimate of drug-likeness (QED) is 0.343. The predicted molar refractivity (Wildman–Crippen MR) is 56.3 cm³/mol. The van der Waals surface area contributed by atoms with Crippen molar-refractivity contribution in [2.45, 2.75) is 25.4 Å². The zero-order valence-corrected chi connectivity index (χ0v) is 9.34. The second-order valence-electron chi connectivity index (χ2n) is 3.43. The minimum Gasteiger partial charge on any atom is -0.458 e. The van der Waals surface area contributed by atoms with E-state index >= 15 is 0 Å². The van der Waals surface area contributed by atoms with Gasteiger partial charge in [0.2, 0.25) is 0 Å². The van der Waals surface area contributed by atoms with Crippen LogP contribution < -0.4 is 0 Å². The molecule has 0 aromatic heterocycles. The van der Waals surface area contributed by atoms with E-state index < -0.39 is 0 Å². The second kappa shape index (κ2) is 3.77. The number of carbonyl (C=O) groups is 1. The Labute approximate surface area is 86.5 Å². The van der Waals surface area contributed by atoms with Crippen LogP contribution in [-0.4, -0.2) is 16.0 Å². The molecule has 3 heteroatoms. The molecule has 0 saturated carbocycles. The Morgan fingerprint density at radius 3 is 3.00 bits per heavy atom. The van der Waals surface area contributed by atoms with Gasteiger partial charge in [-0.25, -0.2) is 0 Å². The van der Waals surface area contributed by atoms with E-state index in [9.17, 15) is 4.79 Å². The lowest BCUT2D eigenvalue weighted by Gasteiger charge is -2.18. The van der Waals surface area contributed by atoms with Gasteiger partial charge in [-0.15, -0.1) is 6.58 Å². The van der Waals surface area contributed by atoms with Gasteiger partial charge in [-0.1, -0.05) is 28.7 Å². The van der Waals surface area contributed by atoms with Crippen LogP contribution >= 0.6 is 22.6 Å². The van der Waals surface area contributed by atoms with Crippen LogP contribution in [0.15, 0.2) is 12.7 Å². The first-order chi connectivity index (χ1) is 5.61. The summed E-state index contributed by atoms with van der Waals surface area (Å²) >= 11 is 2.25. The molecule has 1 rings (SSSR count). The molecule has 0 amide bonds. The molecular weight excluding hydrogens is 267 g/mol. The largest absolute Gasteiger partial charge is 0.458 e. The van der Waals surface area contributed by atoms with Crippen LogP contribution in [-0.2, 0) is 9.53 Å². The topological polar surface area (TPSA) is 26.3 Å². The summed E-state index contributed by atoms with van der Waals surface area (Å²) in [6.45, 7) is 5.61. The number of hydrogen-bond acceptors (Lipinski definition) is 2. The highest BCUT2D eigenvalue weighted by Crippen LogP contribution is 2.34. The molecule has 12 heavy (non-hydrogen) atoms. The lowest BCUT2D eigenvalue weighted by Crippen LogP contribution is -2.25. The molecule has 0 radical (unpaired) electrons. The molecule has 0 spiro atoms. The van der Waals surface area contributed by atoms with Crippen LogP contribution in [0.1, 0.15) is 19.8 Å². The van der Waals surface area contributed by atoms with Crippen LogP contribution in [0.4, 0.5) is 0 Å². The maximum atomic E-state index is 11.3. The number of carbonyl (C=O) groups excluding carboxylic acids is 1. The summed E-state index contributed by atoms with van der Waals surface area (Å²) < 4.78 is 6.13. The summed E-state index contributed by atoms with van der Waals surface area (Å²) in [6, 6.07) is 0. The van der Waals surface area contributed by atoms with Gasteiger partial charge in [-0.3, -0.25) is 4.79 Å². The zero-order chi connectivity index (χ0) is 9.19. The Hall–Kier alpha value is -0.0600. The Bertz CT molecular complexity index is 203. The molecule has 1 saturated heterocycles. The van der Waals surface area contributed by atoms with E-state index in [1.165, 1.54) is 0 Å². The predicted octanol–water partition coefficient (Wildman–Crippen LogP) is 2.32. The smallest absolute Gasteiger partial charge is 0.309 e. The van der Waals surface area contributed by atoms with Crippen LogP contribution in [0.5, 0.6) is 0 Å². The molecule has 0 aromatic rings. The van der Waals surface area contributed by atoms with Gasteiger partial charge in [-0.05, 0) is 13.3 Å². The average molecular weight is 280 g/mol. The molecule has 0 N–H and O–H groups in total. The van der Waals surface area contributed by atoms with E-state index in [0.29, 0.717) is 0 Å². The maximum absolute atomic E-state index is 11.3. The standard InChI is InChI=1S/C9H13IO2/c1-3-4-7-5-9(2,6-10)12-8(7)11/h3,7H,1,4-6H2,2H3/t7-,9+/m1/s1. The highest BCUT2D eigenvalue weighted by Gasteiger charge is 2.41. The molecule has 0 unspecified atom stereocenters. The molecule has 68 valence electrons. The number of hydrogen-bond donors (Lipinski definition) is 0. The van der Waals surface area contributed by atoms with Gasteiger partial charge in [-0.2, -0.15) is 0 Å². The highest BCUT2D eigenvalue weighted by molar-refractivity contribution is 14.1. The van der Waals surface area contributed by atoms with E-state index in [4.69, 9.17) is 4.74 Å². The number of ether oxygens (including phenoxy) is 1. The number of cyclic esters (lactones) is 1. The molecule has 1 aliphatic rings. The first-order valence-corrected chi connectivity index (χ1v) is 5.53. The molecule has 0 aromatic carbocycles. The molecule has 2 nitrogen and oxygen atoms in total. The van der Waals surface area contributed by atoms with Crippen molar-refractivity contribution in [3.8, 4) is 0 Å². The Balaban J connectivity index is 2.61. The molecule has 0 bridgehead atoms. The third kappa shape index (κ3) is 2.00. The zero-order valence-electron chi connectivity index (χ0n) is 7.18. The SMILES string of the molecule is C=CC[C@@H]1C[C@@](C)(CI)OC1=O. The average Bonchev–Trinajstić information content (AvgIpc) is 2.30. The molecule has 2 atom stereocenters. The minimum absolute atomic E-state index is 0.0438. The van der Waals surface area contributed by atoms with Crippen LogP contribution in [0.25, 0.3) is 0 Å². The summed E-state index contributed by atoms with van der Waals surface area (Å²) in [5.41, 5.74) is -0.231. The normalized spacial score (nSPS) is 34.8. The van der Waals surface area contributed by atoms with Gasteiger partial charge in [0.1, 0.15) is 5.60 Å². The molecule has 1 fully saturated rings. The van der Waals surface area contributed by atoms with Gasteiger partial charge in [0.25, 0.3) is 0 Å². The van der Waals surface area contributed by atoms with Crippen LogP contribution in [0, 0.1) is 5.92 Å². The van der Waals surface area contributed by atoms with Gasteiger partial charge >= 0.3 is 5.97 Å². The minimum atomic E-state index is -0.231. The maximum Gasteiger partial charge on any atom is 0.309 e. The van der Waals surface area contributed by atoms with Crippen molar-refractivity contribution in [3.63, 3.8) is 0 Å². The van der Waals surface area contributed by atoms with Crippen molar-refractivity contribution in [1.82, 2.24) is 0 Å². The fourth-order valence-corrected chi connectivity index (χ4v) is 1.90. The Kier molecular flexibility index (Phi) is 3.15. The lowest BCUT2D eigenvalue weighted by atomic mass is 9.95. The first-order valence-electron chi connectivity index (χ1n) is 4.01. The fraction of sp³-hybridized carbons (Fsp3) is 0.667.